The number of aliphatic carboxylic acids is 1. The number of rotatable bonds is 10. The highest BCUT2D eigenvalue weighted by Gasteiger charge is 2.23. The highest BCUT2D eigenvalue weighted by atomic mass is 35.5. The largest absolute Gasteiger partial charge is 0.508 e. The average Bonchev–Trinajstić information content (AvgIpc) is 2.96. The molecule has 0 heterocycles. The van der Waals surface area contributed by atoms with Crippen molar-refractivity contribution >= 4 is 64.2 Å². The molecule has 0 aliphatic heterocycles. The van der Waals surface area contributed by atoms with Gasteiger partial charge < -0.3 is 26.2 Å². The first kappa shape index (κ1) is 31.4. The highest BCUT2D eigenvalue weighted by Crippen LogP contribution is 2.25. The summed E-state index contributed by atoms with van der Waals surface area (Å²) in [4.78, 5) is 50.0. The monoisotopic (exact) mass is 639 g/mol. The van der Waals surface area contributed by atoms with Crippen LogP contribution < -0.4 is 16.0 Å². The predicted octanol–water partition coefficient (Wildman–Crippen LogP) is 5.96. The van der Waals surface area contributed by atoms with Gasteiger partial charge in [-0.1, -0.05) is 65.1 Å². The quantitative estimate of drug-likeness (QED) is 0.145. The number of halogens is 3. The van der Waals surface area contributed by atoms with Gasteiger partial charge in [0.15, 0.2) is 0 Å². The molecule has 5 N–H and O–H groups in total. The summed E-state index contributed by atoms with van der Waals surface area (Å²) in [6.45, 7) is 0.163. The molecule has 0 fully saturated rings. The minimum atomic E-state index is -1.30. The van der Waals surface area contributed by atoms with Gasteiger partial charge in [0.2, 0.25) is 0 Å². The second-order valence-electron chi connectivity index (χ2n) is 9.36. The van der Waals surface area contributed by atoms with E-state index in [-0.39, 0.29) is 50.5 Å². The molecule has 4 rings (SSSR count). The molecule has 0 unspecified atom stereocenters. The van der Waals surface area contributed by atoms with Crippen LogP contribution in [0.25, 0.3) is 0 Å². The van der Waals surface area contributed by atoms with E-state index >= 15 is 0 Å². The van der Waals surface area contributed by atoms with E-state index in [1.807, 2.05) is 0 Å². The fraction of sp³-hybridized carbons (Fsp3) is 0.0968. The summed E-state index contributed by atoms with van der Waals surface area (Å²) in [6.07, 6.45) is -0.0568. The summed E-state index contributed by atoms with van der Waals surface area (Å²) in [7, 11) is 0. The molecule has 9 nitrogen and oxygen atoms in total. The third-order valence-corrected chi connectivity index (χ3v) is 7.23. The standard InChI is InChI=1S/C31H24Cl3N3O6/c32-23-5-2-6-24(33)27(23)30(41)36-20-10-7-17(8-11-20)14-26(31(42)43)37-29(40)22-12-9-19(15-25(22)34)28(39)35-16-18-3-1-4-21(38)13-18/h1-13,15,26,38H,14,16H2,(H,35,39)(H,36,41)(H,37,40)(H,42,43)/t26-/m0/s1. The van der Waals surface area contributed by atoms with Gasteiger partial charge in [0, 0.05) is 24.2 Å². The van der Waals surface area contributed by atoms with Gasteiger partial charge in [-0.05, 0) is 65.7 Å². The summed E-state index contributed by atoms with van der Waals surface area (Å²) in [5.41, 5.74) is 2.01. The Morgan fingerprint density at radius 1 is 0.721 bits per heavy atom. The first-order valence-corrected chi connectivity index (χ1v) is 13.9. The van der Waals surface area contributed by atoms with E-state index in [0.717, 1.165) is 0 Å². The van der Waals surface area contributed by atoms with Crippen LogP contribution >= 0.6 is 34.8 Å². The second kappa shape index (κ2) is 14.1. The van der Waals surface area contributed by atoms with Crippen molar-refractivity contribution in [3.05, 3.63) is 128 Å². The van der Waals surface area contributed by atoms with Crippen molar-refractivity contribution in [2.75, 3.05) is 5.32 Å². The van der Waals surface area contributed by atoms with E-state index in [2.05, 4.69) is 16.0 Å². The van der Waals surface area contributed by atoms with E-state index in [1.165, 1.54) is 30.3 Å². The lowest BCUT2D eigenvalue weighted by Gasteiger charge is -2.16. The van der Waals surface area contributed by atoms with Crippen molar-refractivity contribution in [2.45, 2.75) is 19.0 Å². The fourth-order valence-electron chi connectivity index (χ4n) is 4.10. The van der Waals surface area contributed by atoms with Crippen molar-refractivity contribution < 1.29 is 29.4 Å². The smallest absolute Gasteiger partial charge is 0.326 e. The lowest BCUT2D eigenvalue weighted by atomic mass is 10.0. The van der Waals surface area contributed by atoms with Gasteiger partial charge >= 0.3 is 5.97 Å². The summed E-state index contributed by atoms with van der Waals surface area (Å²) in [5, 5.41) is 27.5. The zero-order chi connectivity index (χ0) is 31.1. The topological polar surface area (TPSA) is 145 Å². The number of aromatic hydroxyl groups is 1. The highest BCUT2D eigenvalue weighted by molar-refractivity contribution is 6.40. The summed E-state index contributed by atoms with van der Waals surface area (Å²) in [5.74, 6) is -2.88. The molecular formula is C31H24Cl3N3O6. The Labute approximate surface area is 261 Å². The number of phenols is 1. The van der Waals surface area contributed by atoms with Crippen LogP contribution in [0.5, 0.6) is 5.75 Å². The molecule has 43 heavy (non-hydrogen) atoms. The molecule has 0 aliphatic rings. The molecule has 1 atom stereocenters. The van der Waals surface area contributed by atoms with Gasteiger partial charge in [0.1, 0.15) is 11.8 Å². The minimum absolute atomic E-state index is 0.00579. The van der Waals surface area contributed by atoms with Crippen LogP contribution in [-0.4, -0.2) is 39.9 Å². The number of carbonyl (C=O) groups excluding carboxylic acids is 3. The SMILES string of the molecule is O=C(NCc1cccc(O)c1)c1ccc(C(=O)N[C@@H](Cc2ccc(NC(=O)c3c(Cl)cccc3Cl)cc2)C(=O)O)c(Cl)c1. The van der Waals surface area contributed by atoms with Gasteiger partial charge in [0.05, 0.1) is 26.2 Å². The van der Waals surface area contributed by atoms with Gasteiger partial charge in [-0.15, -0.1) is 0 Å². The Morgan fingerprint density at radius 3 is 2.02 bits per heavy atom. The first-order chi connectivity index (χ1) is 20.5. The van der Waals surface area contributed by atoms with Crippen molar-refractivity contribution in [3.63, 3.8) is 0 Å². The van der Waals surface area contributed by atoms with E-state index in [4.69, 9.17) is 34.8 Å². The van der Waals surface area contributed by atoms with E-state index in [0.29, 0.717) is 16.8 Å². The number of anilines is 1. The molecule has 4 aromatic rings. The van der Waals surface area contributed by atoms with Crippen LogP contribution in [0.3, 0.4) is 0 Å². The number of hydrogen-bond donors (Lipinski definition) is 5. The number of hydrogen-bond acceptors (Lipinski definition) is 5. The predicted molar refractivity (Wildman–Crippen MR) is 164 cm³/mol. The molecule has 0 spiro atoms. The molecule has 3 amide bonds. The maximum atomic E-state index is 12.9. The van der Waals surface area contributed by atoms with Crippen LogP contribution in [0, 0.1) is 0 Å². The summed E-state index contributed by atoms with van der Waals surface area (Å²) < 4.78 is 0. The average molecular weight is 641 g/mol. The number of benzene rings is 4. The molecule has 220 valence electrons. The van der Waals surface area contributed by atoms with Crippen LogP contribution in [0.1, 0.15) is 42.2 Å². The molecule has 0 aromatic heterocycles. The van der Waals surface area contributed by atoms with E-state index < -0.39 is 29.7 Å². The van der Waals surface area contributed by atoms with E-state index in [9.17, 15) is 29.4 Å². The van der Waals surface area contributed by atoms with Gasteiger partial charge in [-0.2, -0.15) is 0 Å². The van der Waals surface area contributed by atoms with Crippen molar-refractivity contribution in [1.82, 2.24) is 10.6 Å². The van der Waals surface area contributed by atoms with Crippen LogP contribution in [0.4, 0.5) is 5.69 Å². The minimum Gasteiger partial charge on any atom is -0.508 e. The fourth-order valence-corrected chi connectivity index (χ4v) is 4.93. The Bertz CT molecular complexity index is 1670. The van der Waals surface area contributed by atoms with Crippen molar-refractivity contribution in [3.8, 4) is 5.75 Å². The lowest BCUT2D eigenvalue weighted by molar-refractivity contribution is -0.139. The Balaban J connectivity index is 1.37. The van der Waals surface area contributed by atoms with Crippen LogP contribution in [-0.2, 0) is 17.8 Å². The number of nitrogens with one attached hydrogen (secondary N) is 3. The third kappa shape index (κ3) is 8.26. The van der Waals surface area contributed by atoms with Gasteiger partial charge in [-0.25, -0.2) is 4.79 Å². The third-order valence-electron chi connectivity index (χ3n) is 6.28. The van der Waals surface area contributed by atoms with Gasteiger partial charge in [0.25, 0.3) is 17.7 Å². The summed E-state index contributed by atoms with van der Waals surface area (Å²) >= 11 is 18.5. The zero-order valence-electron chi connectivity index (χ0n) is 22.2. The normalized spacial score (nSPS) is 11.3. The summed E-state index contributed by atoms with van der Waals surface area (Å²) in [6, 6.07) is 20.3. The number of carboxylic acid groups (broad SMARTS) is 1. The number of carbonyl (C=O) groups is 4. The Morgan fingerprint density at radius 2 is 1.40 bits per heavy atom. The first-order valence-electron chi connectivity index (χ1n) is 12.8. The molecular weight excluding hydrogens is 617 g/mol. The number of amides is 3. The van der Waals surface area contributed by atoms with Crippen molar-refractivity contribution in [1.29, 1.82) is 0 Å². The molecule has 12 heteroatoms. The van der Waals surface area contributed by atoms with Crippen molar-refractivity contribution in [2.24, 2.45) is 0 Å². The van der Waals surface area contributed by atoms with E-state index in [1.54, 1.807) is 54.6 Å². The Hall–Kier alpha value is -4.57. The van der Waals surface area contributed by atoms with Crippen LogP contribution in [0.2, 0.25) is 15.1 Å². The number of carboxylic acids is 1. The molecule has 0 saturated heterocycles. The maximum absolute atomic E-state index is 12.9. The molecule has 0 bridgehead atoms. The van der Waals surface area contributed by atoms with Gasteiger partial charge in [-0.3, -0.25) is 14.4 Å². The maximum Gasteiger partial charge on any atom is 0.326 e. The Kier molecular flexibility index (Phi) is 10.3. The second-order valence-corrected chi connectivity index (χ2v) is 10.6. The molecule has 0 radical (unpaired) electrons. The number of phenolic OH excluding ortho intramolecular Hbond substituents is 1. The van der Waals surface area contributed by atoms with Crippen LogP contribution in [0.15, 0.2) is 84.9 Å². The molecule has 0 saturated carbocycles. The molecule has 0 aliphatic carbocycles. The lowest BCUT2D eigenvalue weighted by Crippen LogP contribution is -2.42. The molecule has 4 aromatic carbocycles. The zero-order valence-corrected chi connectivity index (χ0v) is 24.5.